The summed E-state index contributed by atoms with van der Waals surface area (Å²) in [5, 5.41) is 3.44. The summed E-state index contributed by atoms with van der Waals surface area (Å²) < 4.78 is 5.65. The van der Waals surface area contributed by atoms with E-state index < -0.39 is 0 Å². The second-order valence-electron chi connectivity index (χ2n) is 6.32. The van der Waals surface area contributed by atoms with Crippen molar-refractivity contribution in [2.24, 2.45) is 5.41 Å². The maximum atomic E-state index is 6.16. The van der Waals surface area contributed by atoms with E-state index in [-0.39, 0.29) is 5.41 Å². The van der Waals surface area contributed by atoms with Crippen LogP contribution in [0.3, 0.4) is 0 Å². The van der Waals surface area contributed by atoms with Crippen LogP contribution in [0.25, 0.3) is 0 Å². The van der Waals surface area contributed by atoms with E-state index in [0.29, 0.717) is 12.3 Å². The summed E-state index contributed by atoms with van der Waals surface area (Å²) in [6.45, 7) is 9.15. The molecule has 3 N–H and O–H groups in total. The van der Waals surface area contributed by atoms with Crippen LogP contribution in [-0.4, -0.2) is 38.7 Å². The first-order valence-electron chi connectivity index (χ1n) is 7.25. The van der Waals surface area contributed by atoms with Crippen molar-refractivity contribution >= 4 is 11.4 Å². The minimum Gasteiger partial charge on any atom is -0.491 e. The number of nitrogens with one attached hydrogen (secondary N) is 1. The van der Waals surface area contributed by atoms with Gasteiger partial charge in [-0.05, 0) is 38.1 Å². The molecule has 0 aliphatic carbocycles. The molecule has 0 atom stereocenters. The number of hydrogen-bond donors (Lipinski definition) is 2. The predicted octanol–water partition coefficient (Wildman–Crippen LogP) is 3.06. The highest BCUT2D eigenvalue weighted by Crippen LogP contribution is 2.30. The van der Waals surface area contributed by atoms with Gasteiger partial charge in [0.15, 0.2) is 0 Å². The molecule has 0 spiro atoms. The number of rotatable bonds is 8. The van der Waals surface area contributed by atoms with Gasteiger partial charge in [-0.3, -0.25) is 0 Å². The second kappa shape index (κ2) is 7.39. The molecule has 0 radical (unpaired) electrons. The molecule has 4 heteroatoms. The maximum absolute atomic E-state index is 6.16. The number of anilines is 2. The Hall–Kier alpha value is -1.42. The Balaban J connectivity index is 2.68. The van der Waals surface area contributed by atoms with Gasteiger partial charge in [0.05, 0.1) is 18.0 Å². The average Bonchev–Trinajstić information content (AvgIpc) is 2.34. The molecule has 0 heterocycles. The Labute approximate surface area is 123 Å². The van der Waals surface area contributed by atoms with Crippen LogP contribution in [0.4, 0.5) is 11.4 Å². The lowest BCUT2D eigenvalue weighted by molar-refractivity contribution is 0.254. The third-order valence-electron chi connectivity index (χ3n) is 3.03. The summed E-state index contributed by atoms with van der Waals surface area (Å²) in [7, 11) is 4.19. The van der Waals surface area contributed by atoms with Crippen LogP contribution in [0.5, 0.6) is 5.75 Å². The van der Waals surface area contributed by atoms with Crippen LogP contribution in [0.1, 0.15) is 27.2 Å². The van der Waals surface area contributed by atoms with E-state index in [2.05, 4.69) is 45.1 Å². The standard InChI is InChI=1S/C16H29N3O/c1-6-10-20-14-9-7-8-13(15(14)17)18-11-16(2,3)12-19(4)5/h7-9,18H,6,10-12,17H2,1-5H3. The number of nitrogen functional groups attached to an aromatic ring is 1. The van der Waals surface area contributed by atoms with Crippen LogP contribution in [0.15, 0.2) is 18.2 Å². The zero-order valence-corrected chi connectivity index (χ0v) is 13.5. The molecule has 114 valence electrons. The highest BCUT2D eigenvalue weighted by Gasteiger charge is 2.19. The second-order valence-corrected chi connectivity index (χ2v) is 6.32. The van der Waals surface area contributed by atoms with Gasteiger partial charge in [0.2, 0.25) is 0 Å². The van der Waals surface area contributed by atoms with Gasteiger partial charge in [0.1, 0.15) is 5.75 Å². The molecular formula is C16H29N3O. The van der Waals surface area contributed by atoms with Crippen LogP contribution < -0.4 is 15.8 Å². The lowest BCUT2D eigenvalue weighted by Crippen LogP contribution is -2.34. The Morgan fingerprint density at radius 3 is 2.60 bits per heavy atom. The first-order chi connectivity index (χ1) is 9.35. The van der Waals surface area contributed by atoms with Crippen molar-refractivity contribution in [1.82, 2.24) is 4.90 Å². The van der Waals surface area contributed by atoms with Crippen molar-refractivity contribution in [1.29, 1.82) is 0 Å². The number of para-hydroxylation sites is 1. The molecule has 20 heavy (non-hydrogen) atoms. The van der Waals surface area contributed by atoms with Crippen LogP contribution >= 0.6 is 0 Å². The average molecular weight is 279 g/mol. The van der Waals surface area contributed by atoms with E-state index in [1.54, 1.807) is 0 Å². The fourth-order valence-electron chi connectivity index (χ4n) is 2.28. The summed E-state index contributed by atoms with van der Waals surface area (Å²) in [6, 6.07) is 5.89. The zero-order valence-electron chi connectivity index (χ0n) is 13.5. The van der Waals surface area contributed by atoms with E-state index in [0.717, 1.165) is 30.9 Å². The van der Waals surface area contributed by atoms with Crippen molar-refractivity contribution in [2.45, 2.75) is 27.2 Å². The summed E-state index contributed by atoms with van der Waals surface area (Å²) >= 11 is 0. The summed E-state index contributed by atoms with van der Waals surface area (Å²) in [5.41, 5.74) is 7.98. The van der Waals surface area contributed by atoms with Crippen LogP contribution in [-0.2, 0) is 0 Å². The van der Waals surface area contributed by atoms with Gasteiger partial charge in [-0.1, -0.05) is 26.8 Å². The smallest absolute Gasteiger partial charge is 0.144 e. The quantitative estimate of drug-likeness (QED) is 0.718. The minimum atomic E-state index is 0.177. The molecule has 0 fully saturated rings. The van der Waals surface area contributed by atoms with E-state index in [9.17, 15) is 0 Å². The molecule has 0 aromatic heterocycles. The van der Waals surface area contributed by atoms with Crippen molar-refractivity contribution in [2.75, 3.05) is 44.8 Å². The molecule has 1 aromatic carbocycles. The fraction of sp³-hybridized carbons (Fsp3) is 0.625. The Morgan fingerprint density at radius 2 is 2.00 bits per heavy atom. The summed E-state index contributed by atoms with van der Waals surface area (Å²) in [5.74, 6) is 0.766. The Morgan fingerprint density at radius 1 is 1.30 bits per heavy atom. The number of nitrogens with zero attached hydrogens (tertiary/aromatic N) is 1. The van der Waals surface area contributed by atoms with E-state index >= 15 is 0 Å². The molecule has 0 amide bonds. The molecule has 0 unspecified atom stereocenters. The van der Waals surface area contributed by atoms with E-state index in [1.165, 1.54) is 0 Å². The van der Waals surface area contributed by atoms with Crippen molar-refractivity contribution < 1.29 is 4.74 Å². The first-order valence-corrected chi connectivity index (χ1v) is 7.25. The monoisotopic (exact) mass is 279 g/mol. The molecule has 0 saturated carbocycles. The van der Waals surface area contributed by atoms with Gasteiger partial charge in [-0.2, -0.15) is 0 Å². The molecule has 0 aliphatic rings. The van der Waals surface area contributed by atoms with Gasteiger partial charge in [0.25, 0.3) is 0 Å². The number of benzene rings is 1. The number of hydrogen-bond acceptors (Lipinski definition) is 4. The lowest BCUT2D eigenvalue weighted by Gasteiger charge is -2.29. The fourth-order valence-corrected chi connectivity index (χ4v) is 2.28. The van der Waals surface area contributed by atoms with Gasteiger partial charge in [0, 0.05) is 13.1 Å². The third-order valence-corrected chi connectivity index (χ3v) is 3.03. The largest absolute Gasteiger partial charge is 0.491 e. The molecule has 1 aromatic rings. The van der Waals surface area contributed by atoms with Crippen molar-refractivity contribution in [3.63, 3.8) is 0 Å². The van der Waals surface area contributed by atoms with Crippen molar-refractivity contribution in [3.05, 3.63) is 18.2 Å². The molecule has 0 aliphatic heterocycles. The minimum absolute atomic E-state index is 0.177. The van der Waals surface area contributed by atoms with Gasteiger partial charge in [-0.25, -0.2) is 0 Å². The zero-order chi connectivity index (χ0) is 15.2. The number of ether oxygens (including phenoxy) is 1. The molecule has 4 nitrogen and oxygen atoms in total. The van der Waals surface area contributed by atoms with Crippen LogP contribution in [0.2, 0.25) is 0 Å². The Bertz CT molecular complexity index is 416. The Kier molecular flexibility index (Phi) is 6.14. The molecule has 0 bridgehead atoms. The topological polar surface area (TPSA) is 50.5 Å². The highest BCUT2D eigenvalue weighted by molar-refractivity contribution is 5.72. The van der Waals surface area contributed by atoms with Crippen molar-refractivity contribution in [3.8, 4) is 5.75 Å². The summed E-state index contributed by atoms with van der Waals surface area (Å²) in [4.78, 5) is 2.20. The molecule has 1 rings (SSSR count). The number of nitrogens with two attached hydrogens (primary N) is 1. The van der Waals surface area contributed by atoms with Crippen LogP contribution in [0, 0.1) is 5.41 Å². The van der Waals surface area contributed by atoms with Gasteiger partial charge in [-0.15, -0.1) is 0 Å². The van der Waals surface area contributed by atoms with Gasteiger partial charge < -0.3 is 20.7 Å². The molecule has 0 saturated heterocycles. The predicted molar refractivity (Wildman–Crippen MR) is 87.5 cm³/mol. The SMILES string of the molecule is CCCOc1cccc(NCC(C)(C)CN(C)C)c1N. The molecular weight excluding hydrogens is 250 g/mol. The third kappa shape index (κ3) is 5.29. The summed E-state index contributed by atoms with van der Waals surface area (Å²) in [6.07, 6.45) is 0.979. The van der Waals surface area contributed by atoms with E-state index in [1.807, 2.05) is 18.2 Å². The highest BCUT2D eigenvalue weighted by atomic mass is 16.5. The normalized spacial score (nSPS) is 11.7. The lowest BCUT2D eigenvalue weighted by atomic mass is 9.93. The van der Waals surface area contributed by atoms with E-state index in [4.69, 9.17) is 10.5 Å². The van der Waals surface area contributed by atoms with Gasteiger partial charge >= 0.3 is 0 Å². The first kappa shape index (κ1) is 16.6. The maximum Gasteiger partial charge on any atom is 0.144 e.